The van der Waals surface area contributed by atoms with Crippen molar-refractivity contribution in [3.63, 3.8) is 0 Å². The highest BCUT2D eigenvalue weighted by Crippen LogP contribution is 2.65. The van der Waals surface area contributed by atoms with E-state index in [-0.39, 0.29) is 0 Å². The Bertz CT molecular complexity index is 546. The first-order chi connectivity index (χ1) is 9.92. The second-order valence-corrected chi connectivity index (χ2v) is 8.67. The topological polar surface area (TPSA) is 25.2 Å². The summed E-state index contributed by atoms with van der Waals surface area (Å²) in [7, 11) is 0. The Morgan fingerprint density at radius 1 is 1.24 bits per heavy atom. The van der Waals surface area contributed by atoms with Gasteiger partial charge < -0.3 is 9.73 Å². The highest BCUT2D eigenvalue weighted by molar-refractivity contribution is 5.18. The van der Waals surface area contributed by atoms with Crippen molar-refractivity contribution in [1.82, 2.24) is 5.32 Å². The lowest BCUT2D eigenvalue weighted by Gasteiger charge is -2.39. The molecule has 2 bridgehead atoms. The predicted molar refractivity (Wildman–Crippen MR) is 85.1 cm³/mol. The van der Waals surface area contributed by atoms with E-state index in [0.29, 0.717) is 22.8 Å². The largest absolute Gasteiger partial charge is 0.464 e. The SMILES string of the molecule is CC1CC1c1ccc(CNC2CC3CCC2(C)C3(C)C)o1. The molecule has 0 aliphatic heterocycles. The standard InChI is InChI=1S/C19H29NO/c1-12-9-15(12)16-6-5-14(21-16)11-20-17-10-13-7-8-19(17,4)18(13,2)3/h5-6,12-13,15,17,20H,7-11H2,1-4H3. The number of rotatable bonds is 4. The van der Waals surface area contributed by atoms with E-state index >= 15 is 0 Å². The van der Waals surface area contributed by atoms with Gasteiger partial charge in [0.2, 0.25) is 0 Å². The van der Waals surface area contributed by atoms with E-state index in [9.17, 15) is 0 Å². The van der Waals surface area contributed by atoms with E-state index in [1.807, 2.05) is 0 Å². The fourth-order valence-corrected chi connectivity index (χ4v) is 5.14. The zero-order valence-corrected chi connectivity index (χ0v) is 13.9. The van der Waals surface area contributed by atoms with Gasteiger partial charge in [0.15, 0.2) is 0 Å². The highest BCUT2D eigenvalue weighted by atomic mass is 16.3. The molecule has 116 valence electrons. The quantitative estimate of drug-likeness (QED) is 0.867. The first-order valence-corrected chi connectivity index (χ1v) is 8.74. The van der Waals surface area contributed by atoms with Crippen LogP contribution in [0.3, 0.4) is 0 Å². The maximum absolute atomic E-state index is 6.04. The van der Waals surface area contributed by atoms with E-state index in [1.165, 1.54) is 31.4 Å². The summed E-state index contributed by atoms with van der Waals surface area (Å²) in [4.78, 5) is 0. The van der Waals surface area contributed by atoms with Crippen molar-refractivity contribution in [2.45, 2.75) is 71.9 Å². The summed E-state index contributed by atoms with van der Waals surface area (Å²) in [5.74, 6) is 4.74. The van der Waals surface area contributed by atoms with Gasteiger partial charge in [0.05, 0.1) is 6.54 Å². The van der Waals surface area contributed by atoms with Gasteiger partial charge in [-0.25, -0.2) is 0 Å². The van der Waals surface area contributed by atoms with Crippen molar-refractivity contribution < 1.29 is 4.42 Å². The maximum Gasteiger partial charge on any atom is 0.117 e. The highest BCUT2D eigenvalue weighted by Gasteiger charge is 2.61. The van der Waals surface area contributed by atoms with Crippen LogP contribution in [0.25, 0.3) is 0 Å². The Labute approximate surface area is 128 Å². The lowest BCUT2D eigenvalue weighted by Crippen LogP contribution is -2.44. The van der Waals surface area contributed by atoms with Crippen LogP contribution in [0, 0.1) is 22.7 Å². The van der Waals surface area contributed by atoms with Crippen LogP contribution >= 0.6 is 0 Å². The normalized spacial score (nSPS) is 43.4. The number of nitrogens with one attached hydrogen (secondary N) is 1. The fraction of sp³-hybridized carbons (Fsp3) is 0.789. The smallest absolute Gasteiger partial charge is 0.117 e. The van der Waals surface area contributed by atoms with Crippen LogP contribution < -0.4 is 5.32 Å². The summed E-state index contributed by atoms with van der Waals surface area (Å²) in [6.45, 7) is 10.7. The third-order valence-electron chi connectivity index (χ3n) is 7.47. The van der Waals surface area contributed by atoms with Gasteiger partial charge in [0, 0.05) is 12.0 Å². The molecule has 5 atom stereocenters. The Morgan fingerprint density at radius 2 is 2.00 bits per heavy atom. The molecule has 3 aliphatic rings. The first kappa shape index (κ1) is 13.9. The molecule has 3 fully saturated rings. The number of furan rings is 1. The molecule has 4 rings (SSSR count). The van der Waals surface area contributed by atoms with E-state index < -0.39 is 0 Å². The van der Waals surface area contributed by atoms with Gasteiger partial charge in [-0.3, -0.25) is 0 Å². The summed E-state index contributed by atoms with van der Waals surface area (Å²) in [5, 5.41) is 3.82. The molecule has 0 aromatic carbocycles. The second-order valence-electron chi connectivity index (χ2n) is 8.67. The van der Waals surface area contributed by atoms with Crippen molar-refractivity contribution in [2.24, 2.45) is 22.7 Å². The molecule has 2 heteroatoms. The molecule has 1 N–H and O–H groups in total. The average molecular weight is 287 g/mol. The Morgan fingerprint density at radius 3 is 2.57 bits per heavy atom. The molecule has 1 aromatic rings. The molecule has 0 amide bonds. The van der Waals surface area contributed by atoms with Crippen molar-refractivity contribution in [3.05, 3.63) is 23.7 Å². The zero-order chi connectivity index (χ0) is 14.8. The minimum absolute atomic E-state index is 0.456. The van der Waals surface area contributed by atoms with Crippen LogP contribution in [0.4, 0.5) is 0 Å². The van der Waals surface area contributed by atoms with Crippen molar-refractivity contribution in [2.75, 3.05) is 0 Å². The molecule has 21 heavy (non-hydrogen) atoms. The van der Waals surface area contributed by atoms with Gasteiger partial charge in [-0.05, 0) is 60.5 Å². The van der Waals surface area contributed by atoms with Crippen LogP contribution in [0.2, 0.25) is 0 Å². The van der Waals surface area contributed by atoms with Crippen LogP contribution in [0.15, 0.2) is 16.5 Å². The molecule has 0 spiro atoms. The Balaban J connectivity index is 1.40. The molecule has 0 radical (unpaired) electrons. The van der Waals surface area contributed by atoms with E-state index in [2.05, 4.69) is 45.1 Å². The van der Waals surface area contributed by atoms with Gasteiger partial charge in [-0.2, -0.15) is 0 Å². The van der Waals surface area contributed by atoms with Gasteiger partial charge in [0.25, 0.3) is 0 Å². The minimum Gasteiger partial charge on any atom is -0.464 e. The monoisotopic (exact) mass is 287 g/mol. The lowest BCUT2D eigenvalue weighted by atomic mass is 9.69. The molecule has 5 unspecified atom stereocenters. The summed E-state index contributed by atoms with van der Waals surface area (Å²) in [5.41, 5.74) is 0.945. The molecule has 3 saturated carbocycles. The molecular weight excluding hydrogens is 258 g/mol. The van der Waals surface area contributed by atoms with Crippen molar-refractivity contribution in [1.29, 1.82) is 0 Å². The van der Waals surface area contributed by atoms with Crippen molar-refractivity contribution >= 4 is 0 Å². The number of hydrogen-bond acceptors (Lipinski definition) is 2. The summed E-state index contributed by atoms with van der Waals surface area (Å²) in [6, 6.07) is 5.02. The van der Waals surface area contributed by atoms with E-state index in [0.717, 1.165) is 24.1 Å². The molecular formula is C19H29NO. The van der Waals surface area contributed by atoms with Gasteiger partial charge in [-0.1, -0.05) is 27.7 Å². The van der Waals surface area contributed by atoms with Crippen LogP contribution in [0.1, 0.15) is 70.8 Å². The molecule has 3 aliphatic carbocycles. The third kappa shape index (κ3) is 1.94. The molecule has 1 heterocycles. The van der Waals surface area contributed by atoms with Gasteiger partial charge in [-0.15, -0.1) is 0 Å². The van der Waals surface area contributed by atoms with Crippen LogP contribution in [-0.2, 0) is 6.54 Å². The minimum atomic E-state index is 0.456. The molecule has 2 nitrogen and oxygen atoms in total. The zero-order valence-electron chi connectivity index (χ0n) is 13.9. The summed E-state index contributed by atoms with van der Waals surface area (Å²) < 4.78 is 6.04. The van der Waals surface area contributed by atoms with Crippen LogP contribution in [0.5, 0.6) is 0 Å². The van der Waals surface area contributed by atoms with E-state index in [4.69, 9.17) is 4.42 Å². The third-order valence-corrected chi connectivity index (χ3v) is 7.47. The lowest BCUT2D eigenvalue weighted by molar-refractivity contribution is 0.119. The fourth-order valence-electron chi connectivity index (χ4n) is 5.14. The first-order valence-electron chi connectivity index (χ1n) is 8.74. The number of hydrogen-bond donors (Lipinski definition) is 1. The summed E-state index contributed by atoms with van der Waals surface area (Å²) >= 11 is 0. The van der Waals surface area contributed by atoms with Gasteiger partial charge >= 0.3 is 0 Å². The molecule has 1 aromatic heterocycles. The van der Waals surface area contributed by atoms with E-state index in [1.54, 1.807) is 0 Å². The van der Waals surface area contributed by atoms with Crippen LogP contribution in [-0.4, -0.2) is 6.04 Å². The van der Waals surface area contributed by atoms with Crippen molar-refractivity contribution in [3.8, 4) is 0 Å². The Hall–Kier alpha value is -0.760. The maximum atomic E-state index is 6.04. The Kier molecular flexibility index (Phi) is 2.89. The molecule has 0 saturated heterocycles. The summed E-state index contributed by atoms with van der Waals surface area (Å²) in [6.07, 6.45) is 5.45. The average Bonchev–Trinajstić information content (AvgIpc) is 2.84. The second kappa shape index (κ2) is 4.38. The van der Waals surface area contributed by atoms with Gasteiger partial charge in [0.1, 0.15) is 11.5 Å². The predicted octanol–water partition coefficient (Wildman–Crippen LogP) is 4.71. The number of fused-ring (bicyclic) bond motifs is 2.